The van der Waals surface area contributed by atoms with Gasteiger partial charge in [-0.05, 0) is 25.7 Å². The van der Waals surface area contributed by atoms with Crippen molar-refractivity contribution in [3.8, 4) is 0 Å². The van der Waals surface area contributed by atoms with Crippen LogP contribution in [0.5, 0.6) is 0 Å². The average molecular weight is 266 g/mol. The van der Waals surface area contributed by atoms with Crippen molar-refractivity contribution in [2.75, 3.05) is 0 Å². The minimum Gasteiger partial charge on any atom is -0.384 e. The molecule has 0 spiro atoms. The van der Waals surface area contributed by atoms with Gasteiger partial charge in [0.2, 0.25) is 0 Å². The van der Waals surface area contributed by atoms with Gasteiger partial charge in [0.15, 0.2) is 0 Å². The van der Waals surface area contributed by atoms with Crippen LogP contribution in [-0.4, -0.2) is 20.9 Å². The first-order chi connectivity index (χ1) is 8.49. The fourth-order valence-corrected chi connectivity index (χ4v) is 4.32. The maximum absolute atomic E-state index is 7.70. The summed E-state index contributed by atoms with van der Waals surface area (Å²) in [7, 11) is 1.94. The van der Waals surface area contributed by atoms with Crippen LogP contribution in [0.3, 0.4) is 0 Å². The molecule has 18 heavy (non-hydrogen) atoms. The normalized spacial score (nSPS) is 24.2. The first kappa shape index (κ1) is 13.5. The van der Waals surface area contributed by atoms with Crippen LogP contribution in [0, 0.1) is 18.3 Å². The highest BCUT2D eigenvalue weighted by atomic mass is 32.2. The maximum Gasteiger partial charge on any atom is 0.127 e. The summed E-state index contributed by atoms with van der Waals surface area (Å²) in [5, 5.41) is 13.8. The van der Waals surface area contributed by atoms with Crippen molar-refractivity contribution in [1.82, 2.24) is 9.78 Å². The van der Waals surface area contributed by atoms with E-state index >= 15 is 0 Å². The average Bonchev–Trinajstić information content (AvgIpc) is 2.53. The third-order valence-electron chi connectivity index (χ3n) is 3.61. The number of hydrogen-bond donors (Lipinski definition) is 2. The molecule has 4 nitrogen and oxygen atoms in total. The number of nitrogen functional groups attached to an aromatic ring is 1. The van der Waals surface area contributed by atoms with Crippen molar-refractivity contribution in [3.63, 3.8) is 0 Å². The van der Waals surface area contributed by atoms with Gasteiger partial charge in [-0.1, -0.05) is 19.8 Å². The summed E-state index contributed by atoms with van der Waals surface area (Å²) in [6.07, 6.45) is 5.18. The van der Waals surface area contributed by atoms with Crippen LogP contribution in [0.25, 0.3) is 0 Å². The van der Waals surface area contributed by atoms with Gasteiger partial charge in [-0.2, -0.15) is 5.10 Å². The summed E-state index contributed by atoms with van der Waals surface area (Å²) in [5.41, 5.74) is 7.36. The van der Waals surface area contributed by atoms with Crippen LogP contribution in [0.4, 0.5) is 0 Å². The van der Waals surface area contributed by atoms with Crippen LogP contribution in [0.1, 0.15) is 43.9 Å². The lowest BCUT2D eigenvalue weighted by molar-refractivity contribution is 0.394. The van der Waals surface area contributed by atoms with Gasteiger partial charge >= 0.3 is 0 Å². The standard InChI is InChI=1S/C13H22N4S/c1-8-5-4-6-10(7-8)18-13-11(12(14)15)9(2)16-17(13)3/h8,10H,4-7H2,1-3H3,(H3,14,15). The highest BCUT2D eigenvalue weighted by Crippen LogP contribution is 2.37. The molecule has 0 radical (unpaired) electrons. The van der Waals surface area contributed by atoms with E-state index in [-0.39, 0.29) is 5.84 Å². The van der Waals surface area contributed by atoms with Crippen molar-refractivity contribution in [3.05, 3.63) is 11.3 Å². The van der Waals surface area contributed by atoms with E-state index in [1.807, 2.05) is 30.4 Å². The Kier molecular flexibility index (Phi) is 4.00. The summed E-state index contributed by atoms with van der Waals surface area (Å²) in [5.74, 6) is 0.943. The molecule has 2 unspecified atom stereocenters. The largest absolute Gasteiger partial charge is 0.384 e. The lowest BCUT2D eigenvalue weighted by atomic mass is 9.91. The molecule has 100 valence electrons. The maximum atomic E-state index is 7.70. The molecule has 2 rings (SSSR count). The van der Waals surface area contributed by atoms with Crippen LogP contribution in [0.15, 0.2) is 5.03 Å². The minimum atomic E-state index is 0.131. The monoisotopic (exact) mass is 266 g/mol. The number of amidine groups is 1. The Labute approximate surface area is 113 Å². The van der Waals surface area contributed by atoms with Gasteiger partial charge in [0.1, 0.15) is 10.9 Å². The van der Waals surface area contributed by atoms with Gasteiger partial charge < -0.3 is 5.73 Å². The molecule has 1 aliphatic rings. The molecule has 3 N–H and O–H groups in total. The highest BCUT2D eigenvalue weighted by molar-refractivity contribution is 8.00. The lowest BCUT2D eigenvalue weighted by Crippen LogP contribution is -2.17. The number of hydrogen-bond acceptors (Lipinski definition) is 3. The van der Waals surface area contributed by atoms with Crippen molar-refractivity contribution in [2.24, 2.45) is 18.7 Å². The predicted octanol–water partition coefficient (Wildman–Crippen LogP) is 2.68. The first-order valence-corrected chi connectivity index (χ1v) is 7.41. The summed E-state index contributed by atoms with van der Waals surface area (Å²) < 4.78 is 1.87. The fraction of sp³-hybridized carbons (Fsp3) is 0.692. The van der Waals surface area contributed by atoms with Crippen LogP contribution in [0.2, 0.25) is 0 Å². The second kappa shape index (κ2) is 5.34. The van der Waals surface area contributed by atoms with E-state index in [0.717, 1.165) is 22.2 Å². The molecule has 1 aliphatic carbocycles. The molecule has 0 saturated heterocycles. The quantitative estimate of drug-likeness (QED) is 0.653. The number of nitrogens with zero attached hydrogens (tertiary/aromatic N) is 2. The Balaban J connectivity index is 2.20. The Morgan fingerprint density at radius 3 is 2.83 bits per heavy atom. The molecule has 0 aliphatic heterocycles. The minimum absolute atomic E-state index is 0.131. The third-order valence-corrected chi connectivity index (χ3v) is 5.06. The van der Waals surface area contributed by atoms with Crippen LogP contribution in [-0.2, 0) is 7.05 Å². The molecule has 1 aromatic rings. The molecule has 2 atom stereocenters. The third kappa shape index (κ3) is 2.71. The number of nitrogens with one attached hydrogen (secondary N) is 1. The van der Waals surface area contributed by atoms with E-state index in [1.54, 1.807) is 0 Å². The molecule has 1 fully saturated rings. The topological polar surface area (TPSA) is 67.7 Å². The van der Waals surface area contributed by atoms with E-state index in [2.05, 4.69) is 12.0 Å². The SMILES string of the molecule is Cc1nn(C)c(SC2CCCC(C)C2)c1C(=N)N. The van der Waals surface area contributed by atoms with E-state index in [0.29, 0.717) is 5.25 Å². The molecule has 0 amide bonds. The number of aryl methyl sites for hydroxylation is 2. The zero-order valence-corrected chi connectivity index (χ0v) is 12.2. The predicted molar refractivity (Wildman–Crippen MR) is 76.2 cm³/mol. The van der Waals surface area contributed by atoms with Gasteiger partial charge in [0.05, 0.1) is 11.3 Å². The van der Waals surface area contributed by atoms with Crippen molar-refractivity contribution in [2.45, 2.75) is 49.8 Å². The van der Waals surface area contributed by atoms with Gasteiger partial charge in [-0.25, -0.2) is 0 Å². The Bertz CT molecular complexity index is 452. The van der Waals surface area contributed by atoms with E-state index in [9.17, 15) is 0 Å². The molecule has 1 heterocycles. The van der Waals surface area contributed by atoms with E-state index in [1.165, 1.54) is 25.7 Å². The smallest absolute Gasteiger partial charge is 0.127 e. The Morgan fingerprint density at radius 2 is 2.22 bits per heavy atom. The molecule has 0 bridgehead atoms. The van der Waals surface area contributed by atoms with Gasteiger partial charge in [-0.15, -0.1) is 11.8 Å². The molecular formula is C13H22N4S. The van der Waals surface area contributed by atoms with Crippen molar-refractivity contribution in [1.29, 1.82) is 5.41 Å². The van der Waals surface area contributed by atoms with E-state index in [4.69, 9.17) is 11.1 Å². The summed E-state index contributed by atoms with van der Waals surface area (Å²) in [6, 6.07) is 0. The number of nitrogens with two attached hydrogens (primary N) is 1. The summed E-state index contributed by atoms with van der Waals surface area (Å²) >= 11 is 1.85. The highest BCUT2D eigenvalue weighted by Gasteiger charge is 2.24. The Morgan fingerprint density at radius 1 is 1.50 bits per heavy atom. The molecular weight excluding hydrogens is 244 g/mol. The zero-order chi connectivity index (χ0) is 13.3. The molecule has 0 aromatic carbocycles. The number of thioether (sulfide) groups is 1. The number of aromatic nitrogens is 2. The van der Waals surface area contributed by atoms with Crippen LogP contribution >= 0.6 is 11.8 Å². The molecule has 5 heteroatoms. The lowest BCUT2D eigenvalue weighted by Gasteiger charge is -2.26. The number of rotatable bonds is 3. The summed E-state index contributed by atoms with van der Waals surface area (Å²) in [4.78, 5) is 0. The Hall–Kier alpha value is -0.970. The van der Waals surface area contributed by atoms with Crippen LogP contribution < -0.4 is 5.73 Å². The second-order valence-corrected chi connectivity index (χ2v) is 6.60. The zero-order valence-electron chi connectivity index (χ0n) is 11.4. The summed E-state index contributed by atoms with van der Waals surface area (Å²) in [6.45, 7) is 4.25. The van der Waals surface area contributed by atoms with Gasteiger partial charge in [0.25, 0.3) is 0 Å². The molecule has 1 saturated carbocycles. The molecule has 1 aromatic heterocycles. The first-order valence-electron chi connectivity index (χ1n) is 6.53. The fourth-order valence-electron chi connectivity index (χ4n) is 2.73. The second-order valence-electron chi connectivity index (χ2n) is 5.31. The van der Waals surface area contributed by atoms with Crippen molar-refractivity contribution < 1.29 is 0 Å². The van der Waals surface area contributed by atoms with Crippen molar-refractivity contribution >= 4 is 17.6 Å². The van der Waals surface area contributed by atoms with Gasteiger partial charge in [-0.3, -0.25) is 10.1 Å². The van der Waals surface area contributed by atoms with Gasteiger partial charge in [0, 0.05) is 12.3 Å². The van der Waals surface area contributed by atoms with E-state index < -0.39 is 0 Å².